The molecule has 1 amide bonds. The van der Waals surface area contributed by atoms with Crippen LogP contribution in [0.1, 0.15) is 24.5 Å². The highest BCUT2D eigenvalue weighted by Gasteiger charge is 1.91. The first-order valence-corrected chi connectivity index (χ1v) is 4.62. The molecular weight excluding hydrogens is 174 g/mol. The monoisotopic (exact) mass is 187 g/mol. The van der Waals surface area contributed by atoms with Gasteiger partial charge in [-0.3, -0.25) is 4.79 Å². The number of hydrogen-bond donors (Lipinski definition) is 1. The molecule has 0 saturated carbocycles. The fourth-order valence-corrected chi connectivity index (χ4v) is 1.18. The molecule has 2 N–H and O–H groups in total. The Hall–Kier alpha value is -1.75. The fourth-order valence-electron chi connectivity index (χ4n) is 1.18. The molecule has 1 aromatic carbocycles. The zero-order chi connectivity index (χ0) is 10.4. The summed E-state index contributed by atoms with van der Waals surface area (Å²) in [6, 6.07) is 7.85. The van der Waals surface area contributed by atoms with Gasteiger partial charge in [0.2, 0.25) is 0 Å². The van der Waals surface area contributed by atoms with Crippen LogP contribution in [-0.4, -0.2) is 5.91 Å². The quantitative estimate of drug-likeness (QED) is 0.700. The molecule has 0 bridgehead atoms. The van der Waals surface area contributed by atoms with Gasteiger partial charge in [-0.15, -0.1) is 0 Å². The molecule has 2 heteroatoms. The summed E-state index contributed by atoms with van der Waals surface area (Å²) in [5.74, 6) is 4.40. The predicted octanol–water partition coefficient (Wildman–Crippen LogP) is 1.48. The van der Waals surface area contributed by atoms with Crippen molar-refractivity contribution in [3.05, 3.63) is 35.4 Å². The first kappa shape index (κ1) is 10.3. The van der Waals surface area contributed by atoms with Crippen molar-refractivity contribution < 1.29 is 4.79 Å². The van der Waals surface area contributed by atoms with E-state index in [-0.39, 0.29) is 0 Å². The third kappa shape index (κ3) is 3.32. The number of hydrogen-bond acceptors (Lipinski definition) is 1. The van der Waals surface area contributed by atoms with E-state index in [1.165, 1.54) is 5.56 Å². The van der Waals surface area contributed by atoms with Crippen LogP contribution >= 0.6 is 0 Å². The van der Waals surface area contributed by atoms with Gasteiger partial charge in [-0.05, 0) is 30.0 Å². The van der Waals surface area contributed by atoms with Crippen LogP contribution in [0.4, 0.5) is 0 Å². The summed E-state index contributed by atoms with van der Waals surface area (Å²) in [7, 11) is 0. The molecule has 0 aromatic heterocycles. The summed E-state index contributed by atoms with van der Waals surface area (Å²) in [5.41, 5.74) is 7.02. The van der Waals surface area contributed by atoms with Crippen LogP contribution in [0.25, 0.3) is 0 Å². The Bertz CT molecular complexity index is 368. The van der Waals surface area contributed by atoms with Crippen molar-refractivity contribution in [3.8, 4) is 11.8 Å². The molecule has 0 saturated heterocycles. The van der Waals surface area contributed by atoms with E-state index in [1.807, 2.05) is 24.3 Å². The summed E-state index contributed by atoms with van der Waals surface area (Å²) in [6.45, 7) is 2.14. The molecule has 0 atom stereocenters. The second kappa shape index (κ2) is 5.08. The smallest absolute Gasteiger partial charge is 0.293 e. The maximum absolute atomic E-state index is 10.4. The average Bonchev–Trinajstić information content (AvgIpc) is 2.17. The third-order valence-corrected chi connectivity index (χ3v) is 1.82. The Morgan fingerprint density at radius 1 is 1.36 bits per heavy atom. The standard InChI is InChI=1S/C12H13NO/c1-2-3-10-4-6-11(7-5-10)8-9-12(13)14/h4-7H,2-3H2,1H3,(H2,13,14). The molecule has 14 heavy (non-hydrogen) atoms. The van der Waals surface area contributed by atoms with Crippen LogP contribution in [0.15, 0.2) is 24.3 Å². The molecular formula is C12H13NO. The molecule has 0 unspecified atom stereocenters. The molecule has 0 aliphatic rings. The van der Waals surface area contributed by atoms with Gasteiger partial charge in [0.1, 0.15) is 0 Å². The Balaban J connectivity index is 2.75. The third-order valence-electron chi connectivity index (χ3n) is 1.82. The molecule has 0 heterocycles. The van der Waals surface area contributed by atoms with E-state index in [1.54, 1.807) is 0 Å². The maximum atomic E-state index is 10.4. The molecule has 0 radical (unpaired) electrons. The van der Waals surface area contributed by atoms with E-state index >= 15 is 0 Å². The van der Waals surface area contributed by atoms with E-state index in [0.717, 1.165) is 18.4 Å². The van der Waals surface area contributed by atoms with Crippen molar-refractivity contribution in [1.29, 1.82) is 0 Å². The highest BCUT2D eigenvalue weighted by atomic mass is 16.1. The lowest BCUT2D eigenvalue weighted by Gasteiger charge is -1.97. The van der Waals surface area contributed by atoms with Gasteiger partial charge in [0.15, 0.2) is 0 Å². The highest BCUT2D eigenvalue weighted by Crippen LogP contribution is 2.05. The van der Waals surface area contributed by atoms with Gasteiger partial charge < -0.3 is 5.73 Å². The lowest BCUT2D eigenvalue weighted by atomic mass is 10.1. The number of aryl methyl sites for hydroxylation is 1. The normalized spacial score (nSPS) is 8.93. The van der Waals surface area contributed by atoms with Crippen LogP contribution < -0.4 is 5.73 Å². The summed E-state index contributed by atoms with van der Waals surface area (Å²) in [6.07, 6.45) is 2.20. The number of carbonyl (C=O) groups excluding carboxylic acids is 1. The zero-order valence-electron chi connectivity index (χ0n) is 8.21. The van der Waals surface area contributed by atoms with E-state index in [4.69, 9.17) is 5.73 Å². The van der Waals surface area contributed by atoms with Gasteiger partial charge in [0.25, 0.3) is 5.91 Å². The van der Waals surface area contributed by atoms with Gasteiger partial charge in [0.05, 0.1) is 0 Å². The Morgan fingerprint density at radius 3 is 2.50 bits per heavy atom. The van der Waals surface area contributed by atoms with Gasteiger partial charge in [0, 0.05) is 5.56 Å². The molecule has 0 aliphatic heterocycles. The van der Waals surface area contributed by atoms with E-state index in [2.05, 4.69) is 18.8 Å². The van der Waals surface area contributed by atoms with Crippen LogP contribution in [0, 0.1) is 11.8 Å². The summed E-state index contributed by atoms with van der Waals surface area (Å²) < 4.78 is 0. The first-order valence-electron chi connectivity index (χ1n) is 4.62. The van der Waals surface area contributed by atoms with Crippen LogP contribution in [-0.2, 0) is 11.2 Å². The van der Waals surface area contributed by atoms with Gasteiger partial charge in [-0.1, -0.05) is 31.4 Å². The molecule has 0 aliphatic carbocycles. The van der Waals surface area contributed by atoms with Gasteiger partial charge >= 0.3 is 0 Å². The number of primary amides is 1. The molecule has 1 rings (SSSR count). The lowest BCUT2D eigenvalue weighted by molar-refractivity contribution is -0.112. The minimum Gasteiger partial charge on any atom is -0.359 e. The van der Waals surface area contributed by atoms with Crippen LogP contribution in [0.3, 0.4) is 0 Å². The minimum atomic E-state index is -0.595. The van der Waals surface area contributed by atoms with Gasteiger partial charge in [-0.2, -0.15) is 0 Å². The predicted molar refractivity (Wildman–Crippen MR) is 56.5 cm³/mol. The van der Waals surface area contributed by atoms with E-state index in [9.17, 15) is 4.79 Å². The summed E-state index contributed by atoms with van der Waals surface area (Å²) >= 11 is 0. The minimum absolute atomic E-state index is 0.595. The molecule has 72 valence electrons. The van der Waals surface area contributed by atoms with Crippen LogP contribution in [0.5, 0.6) is 0 Å². The van der Waals surface area contributed by atoms with Crippen molar-refractivity contribution in [2.24, 2.45) is 5.73 Å². The summed E-state index contributed by atoms with van der Waals surface area (Å²) in [4.78, 5) is 10.4. The number of nitrogens with two attached hydrogens (primary N) is 1. The van der Waals surface area contributed by atoms with Crippen molar-refractivity contribution in [1.82, 2.24) is 0 Å². The highest BCUT2D eigenvalue weighted by molar-refractivity contribution is 5.92. The van der Waals surface area contributed by atoms with E-state index < -0.39 is 5.91 Å². The van der Waals surface area contributed by atoms with Gasteiger partial charge in [-0.25, -0.2) is 0 Å². The second-order valence-corrected chi connectivity index (χ2v) is 3.06. The molecule has 0 spiro atoms. The maximum Gasteiger partial charge on any atom is 0.293 e. The lowest BCUT2D eigenvalue weighted by Crippen LogP contribution is -2.06. The topological polar surface area (TPSA) is 43.1 Å². The fraction of sp³-hybridized carbons (Fsp3) is 0.250. The average molecular weight is 187 g/mol. The SMILES string of the molecule is CCCc1ccc(C#CC(N)=O)cc1. The Morgan fingerprint density at radius 2 is 2.00 bits per heavy atom. The van der Waals surface area contributed by atoms with Crippen molar-refractivity contribution in [2.45, 2.75) is 19.8 Å². The largest absolute Gasteiger partial charge is 0.359 e. The van der Waals surface area contributed by atoms with Crippen molar-refractivity contribution in [3.63, 3.8) is 0 Å². The Labute approximate surface area is 84.1 Å². The van der Waals surface area contributed by atoms with E-state index in [0.29, 0.717) is 0 Å². The van der Waals surface area contributed by atoms with Crippen molar-refractivity contribution >= 4 is 5.91 Å². The van der Waals surface area contributed by atoms with Crippen molar-refractivity contribution in [2.75, 3.05) is 0 Å². The zero-order valence-corrected chi connectivity index (χ0v) is 8.21. The number of carbonyl (C=O) groups is 1. The summed E-state index contributed by atoms with van der Waals surface area (Å²) in [5, 5.41) is 0. The number of amides is 1. The molecule has 0 fully saturated rings. The number of rotatable bonds is 2. The molecule has 1 aromatic rings. The Kier molecular flexibility index (Phi) is 3.75. The van der Waals surface area contributed by atoms with Crippen LogP contribution in [0.2, 0.25) is 0 Å². The molecule has 2 nitrogen and oxygen atoms in total. The second-order valence-electron chi connectivity index (χ2n) is 3.06. The first-order chi connectivity index (χ1) is 6.72. The number of benzene rings is 1.